The fourth-order valence-corrected chi connectivity index (χ4v) is 2.62. The summed E-state index contributed by atoms with van der Waals surface area (Å²) in [5.41, 5.74) is -0.169. The molecule has 0 saturated carbocycles. The van der Waals surface area contributed by atoms with Gasteiger partial charge in [-0.1, -0.05) is 39.5 Å². The van der Waals surface area contributed by atoms with Crippen LogP contribution >= 0.6 is 0 Å². The molecule has 8 nitrogen and oxygen atoms in total. The first-order valence-corrected chi connectivity index (χ1v) is 8.72. The van der Waals surface area contributed by atoms with Gasteiger partial charge in [-0.25, -0.2) is 9.59 Å². The molecule has 0 radical (unpaired) electrons. The van der Waals surface area contributed by atoms with Crippen molar-refractivity contribution in [2.75, 3.05) is 6.79 Å². The van der Waals surface area contributed by atoms with Crippen LogP contribution in [0.4, 0.5) is 5.69 Å². The van der Waals surface area contributed by atoms with Crippen LogP contribution in [0.1, 0.15) is 31.1 Å². The molecule has 0 spiro atoms. The minimum absolute atomic E-state index is 0.0884. The Morgan fingerprint density at radius 2 is 1.69 bits per heavy atom. The number of hydrogen-bond acceptors (Lipinski definition) is 7. The summed E-state index contributed by atoms with van der Waals surface area (Å²) in [5, 5.41) is 11.5. The molecule has 0 aromatic heterocycles. The standard InChI is InChI=1S/C21H19NO7/c1-12(21(2,3)4)19(23)29-20(24)15-7-5-13(9-16(15)22(25)26)14-6-8-17-18(10-14)28-11-27-17/h5-10H,1,11H2,2-4H3. The molecule has 0 N–H and O–H groups in total. The smallest absolute Gasteiger partial charge is 0.353 e. The first-order chi connectivity index (χ1) is 13.6. The van der Waals surface area contributed by atoms with E-state index in [1.54, 1.807) is 39.0 Å². The van der Waals surface area contributed by atoms with E-state index in [1.807, 2.05) is 0 Å². The third kappa shape index (κ3) is 4.11. The molecular weight excluding hydrogens is 378 g/mol. The van der Waals surface area contributed by atoms with Gasteiger partial charge in [0.1, 0.15) is 5.56 Å². The van der Waals surface area contributed by atoms with Crippen molar-refractivity contribution in [2.45, 2.75) is 20.8 Å². The molecule has 0 saturated heterocycles. The van der Waals surface area contributed by atoms with Gasteiger partial charge in [-0.05, 0) is 34.7 Å². The third-order valence-electron chi connectivity index (χ3n) is 4.46. The highest BCUT2D eigenvalue weighted by Gasteiger charge is 2.29. The van der Waals surface area contributed by atoms with Gasteiger partial charge in [0.15, 0.2) is 11.5 Å². The topological polar surface area (TPSA) is 105 Å². The Balaban J connectivity index is 1.91. The maximum atomic E-state index is 12.4. The Labute approximate surface area is 166 Å². The average Bonchev–Trinajstić information content (AvgIpc) is 3.13. The molecule has 29 heavy (non-hydrogen) atoms. The fourth-order valence-electron chi connectivity index (χ4n) is 2.62. The van der Waals surface area contributed by atoms with Gasteiger partial charge < -0.3 is 14.2 Å². The van der Waals surface area contributed by atoms with Crippen molar-refractivity contribution in [1.82, 2.24) is 0 Å². The van der Waals surface area contributed by atoms with Gasteiger partial charge >= 0.3 is 11.9 Å². The first-order valence-electron chi connectivity index (χ1n) is 8.72. The van der Waals surface area contributed by atoms with Gasteiger partial charge in [0, 0.05) is 11.6 Å². The maximum Gasteiger partial charge on any atom is 0.353 e. The number of esters is 2. The summed E-state index contributed by atoms with van der Waals surface area (Å²) in [6.07, 6.45) is 0. The van der Waals surface area contributed by atoms with Crippen LogP contribution in [0.25, 0.3) is 11.1 Å². The summed E-state index contributed by atoms with van der Waals surface area (Å²) in [5.74, 6) is -0.915. The van der Waals surface area contributed by atoms with Crippen molar-refractivity contribution >= 4 is 17.6 Å². The highest BCUT2D eigenvalue weighted by molar-refractivity contribution is 6.04. The van der Waals surface area contributed by atoms with E-state index in [0.717, 1.165) is 0 Å². The van der Waals surface area contributed by atoms with E-state index >= 15 is 0 Å². The van der Waals surface area contributed by atoms with E-state index < -0.39 is 28.0 Å². The average molecular weight is 397 g/mol. The molecule has 150 valence electrons. The van der Waals surface area contributed by atoms with E-state index in [2.05, 4.69) is 6.58 Å². The largest absolute Gasteiger partial charge is 0.454 e. The van der Waals surface area contributed by atoms with Gasteiger partial charge in [0.05, 0.1) is 4.92 Å². The van der Waals surface area contributed by atoms with Crippen molar-refractivity contribution in [2.24, 2.45) is 5.41 Å². The molecule has 1 aliphatic rings. The van der Waals surface area contributed by atoms with E-state index in [1.165, 1.54) is 18.2 Å². The summed E-state index contributed by atoms with van der Waals surface area (Å²) in [7, 11) is 0. The van der Waals surface area contributed by atoms with Crippen molar-refractivity contribution in [3.8, 4) is 22.6 Å². The van der Waals surface area contributed by atoms with E-state index in [0.29, 0.717) is 22.6 Å². The molecule has 0 fully saturated rings. The number of fused-ring (bicyclic) bond motifs is 1. The number of carbonyl (C=O) groups is 2. The molecular formula is C21H19NO7. The van der Waals surface area contributed by atoms with Crippen LogP contribution in [0.15, 0.2) is 48.6 Å². The molecule has 0 bridgehead atoms. The van der Waals surface area contributed by atoms with Crippen molar-refractivity contribution in [3.05, 3.63) is 64.2 Å². The third-order valence-corrected chi connectivity index (χ3v) is 4.46. The number of ether oxygens (including phenoxy) is 3. The number of carbonyl (C=O) groups excluding carboxylic acids is 2. The quantitative estimate of drug-likeness (QED) is 0.249. The Kier molecular flexibility index (Phi) is 5.11. The number of nitro groups is 1. The van der Waals surface area contributed by atoms with Crippen molar-refractivity contribution in [3.63, 3.8) is 0 Å². The summed E-state index contributed by atoms with van der Waals surface area (Å²) < 4.78 is 15.4. The van der Waals surface area contributed by atoms with Crippen LogP contribution < -0.4 is 9.47 Å². The number of benzene rings is 2. The van der Waals surface area contributed by atoms with Gasteiger partial charge in [-0.3, -0.25) is 10.1 Å². The van der Waals surface area contributed by atoms with Crippen LogP contribution in [0.5, 0.6) is 11.5 Å². The van der Waals surface area contributed by atoms with E-state index in [9.17, 15) is 19.7 Å². The van der Waals surface area contributed by atoms with Crippen LogP contribution in [0.3, 0.4) is 0 Å². The zero-order valence-electron chi connectivity index (χ0n) is 16.2. The lowest BCUT2D eigenvalue weighted by molar-refractivity contribution is -0.385. The van der Waals surface area contributed by atoms with E-state index in [-0.39, 0.29) is 17.9 Å². The number of hydrogen-bond donors (Lipinski definition) is 0. The van der Waals surface area contributed by atoms with Crippen LogP contribution in [0, 0.1) is 15.5 Å². The Bertz CT molecular complexity index is 1030. The molecule has 0 amide bonds. The number of nitrogens with zero attached hydrogens (tertiary/aromatic N) is 1. The van der Waals surface area contributed by atoms with Gasteiger partial charge in [-0.2, -0.15) is 0 Å². The molecule has 1 heterocycles. The van der Waals surface area contributed by atoms with Gasteiger partial charge in [-0.15, -0.1) is 0 Å². The second-order valence-electron chi connectivity index (χ2n) is 7.46. The van der Waals surface area contributed by atoms with Crippen molar-refractivity contribution in [1.29, 1.82) is 0 Å². The van der Waals surface area contributed by atoms with Gasteiger partial charge in [0.25, 0.3) is 5.69 Å². The van der Waals surface area contributed by atoms with Crippen LogP contribution in [-0.4, -0.2) is 23.7 Å². The lowest BCUT2D eigenvalue weighted by Gasteiger charge is -2.19. The molecule has 0 unspecified atom stereocenters. The summed E-state index contributed by atoms with van der Waals surface area (Å²) >= 11 is 0. The number of rotatable bonds is 4. The zero-order valence-corrected chi connectivity index (χ0v) is 16.2. The monoisotopic (exact) mass is 397 g/mol. The fraction of sp³-hybridized carbons (Fsp3) is 0.238. The Hall–Kier alpha value is -3.68. The van der Waals surface area contributed by atoms with Crippen LogP contribution in [0.2, 0.25) is 0 Å². The summed E-state index contributed by atoms with van der Waals surface area (Å²) in [6, 6.07) is 9.15. The minimum Gasteiger partial charge on any atom is -0.454 e. The minimum atomic E-state index is -1.11. The molecule has 8 heteroatoms. The second kappa shape index (κ2) is 7.38. The molecule has 1 aliphatic heterocycles. The lowest BCUT2D eigenvalue weighted by Crippen LogP contribution is -2.22. The maximum absolute atomic E-state index is 12.4. The number of nitro benzene ring substituents is 1. The van der Waals surface area contributed by atoms with Crippen molar-refractivity contribution < 1.29 is 28.7 Å². The molecule has 0 atom stereocenters. The molecule has 0 aliphatic carbocycles. The van der Waals surface area contributed by atoms with E-state index in [4.69, 9.17) is 14.2 Å². The second-order valence-corrected chi connectivity index (χ2v) is 7.46. The predicted octanol–water partition coefficient (Wildman–Crippen LogP) is 4.28. The van der Waals surface area contributed by atoms with Crippen LogP contribution in [-0.2, 0) is 9.53 Å². The Morgan fingerprint density at radius 3 is 2.34 bits per heavy atom. The van der Waals surface area contributed by atoms with Gasteiger partial charge in [0.2, 0.25) is 6.79 Å². The molecule has 3 rings (SSSR count). The zero-order chi connectivity index (χ0) is 21.3. The molecule has 2 aromatic carbocycles. The first kappa shape index (κ1) is 20.1. The predicted molar refractivity (Wildman–Crippen MR) is 104 cm³/mol. The normalized spacial score (nSPS) is 12.4. The lowest BCUT2D eigenvalue weighted by atomic mass is 9.88. The molecule has 2 aromatic rings. The summed E-state index contributed by atoms with van der Waals surface area (Å²) in [6.45, 7) is 8.96. The Morgan fingerprint density at radius 1 is 1.07 bits per heavy atom. The SMILES string of the molecule is C=C(C(=O)OC(=O)c1ccc(-c2ccc3c(c2)OCO3)cc1[N+](=O)[O-])C(C)(C)C. The summed E-state index contributed by atoms with van der Waals surface area (Å²) in [4.78, 5) is 35.3. The highest BCUT2D eigenvalue weighted by Crippen LogP contribution is 2.37. The highest BCUT2D eigenvalue weighted by atomic mass is 16.7.